The van der Waals surface area contributed by atoms with Crippen LogP contribution in [0.2, 0.25) is 0 Å². The second kappa shape index (κ2) is 8.34. The van der Waals surface area contributed by atoms with Crippen LogP contribution in [-0.2, 0) is 20.8 Å². The van der Waals surface area contributed by atoms with Gasteiger partial charge in [0.15, 0.2) is 11.5 Å². The molecule has 10 nitrogen and oxygen atoms in total. The Hall–Kier alpha value is -3.55. The zero-order chi connectivity index (χ0) is 24.8. The number of carbonyl (C=O) groups excluding carboxylic acids is 2. The zero-order valence-corrected chi connectivity index (χ0v) is 18.6. The summed E-state index contributed by atoms with van der Waals surface area (Å²) in [5.41, 5.74) is -3.08. The third-order valence-electron chi connectivity index (χ3n) is 4.98. The number of carbonyl (C=O) groups is 2. The maximum absolute atomic E-state index is 14.0. The van der Waals surface area contributed by atoms with Gasteiger partial charge in [-0.1, -0.05) is 5.16 Å². The van der Waals surface area contributed by atoms with Gasteiger partial charge in [-0.05, 0) is 38.0 Å². The summed E-state index contributed by atoms with van der Waals surface area (Å²) >= 11 is 0. The Bertz CT molecular complexity index is 1390. The van der Waals surface area contributed by atoms with Gasteiger partial charge in [0.25, 0.3) is 5.16 Å². The van der Waals surface area contributed by atoms with Crippen LogP contribution in [0.5, 0.6) is 0 Å². The highest BCUT2D eigenvalue weighted by Crippen LogP contribution is 2.44. The number of benzene rings is 1. The quantitative estimate of drug-likeness (QED) is 0.356. The Morgan fingerprint density at radius 1 is 1.26 bits per heavy atom. The fourth-order valence-corrected chi connectivity index (χ4v) is 3.74. The van der Waals surface area contributed by atoms with Crippen molar-refractivity contribution in [1.29, 1.82) is 0 Å². The molecule has 14 heteroatoms. The normalized spacial score (nSPS) is 14.3. The number of aromatic nitrogens is 4. The molecule has 1 fully saturated rings. The van der Waals surface area contributed by atoms with Crippen molar-refractivity contribution < 1.29 is 40.4 Å². The van der Waals surface area contributed by atoms with Crippen LogP contribution in [0.1, 0.15) is 63.4 Å². The molecule has 1 saturated carbocycles. The lowest BCUT2D eigenvalue weighted by Crippen LogP contribution is -2.18. The van der Waals surface area contributed by atoms with Gasteiger partial charge < -0.3 is 9.26 Å². The van der Waals surface area contributed by atoms with Gasteiger partial charge in [0.1, 0.15) is 11.9 Å². The van der Waals surface area contributed by atoms with Gasteiger partial charge in [0, 0.05) is 17.7 Å². The molecule has 34 heavy (non-hydrogen) atoms. The number of hydrogen-bond acceptors (Lipinski definition) is 9. The van der Waals surface area contributed by atoms with E-state index in [1.165, 1.54) is 6.92 Å². The zero-order valence-electron chi connectivity index (χ0n) is 17.8. The van der Waals surface area contributed by atoms with Gasteiger partial charge in [0.05, 0.1) is 17.9 Å². The molecule has 0 amide bonds. The standard InChI is InChI=1S/C20H17F3N4O6S/c1-3-32-18(29)15-14(17(33-26-15)10-4-5-10)16(28)12-7-6-11(8-13(12)20(21,22)23)27-9-24-19(25-27)34(2,30)31/h6-10H,3-5H2,1-2H3. The molecule has 180 valence electrons. The molecule has 1 aliphatic carbocycles. The van der Waals surface area contributed by atoms with Gasteiger partial charge in [-0.3, -0.25) is 4.79 Å². The van der Waals surface area contributed by atoms with Gasteiger partial charge in [-0.15, -0.1) is 5.10 Å². The maximum Gasteiger partial charge on any atom is 0.417 e. The first kappa shape index (κ1) is 23.6. The van der Waals surface area contributed by atoms with Crippen molar-refractivity contribution in [2.75, 3.05) is 12.9 Å². The molecular weight excluding hydrogens is 481 g/mol. The van der Waals surface area contributed by atoms with Crippen LogP contribution in [-0.4, -0.2) is 53.0 Å². The molecule has 2 heterocycles. The summed E-state index contributed by atoms with van der Waals surface area (Å²) < 4.78 is 75.9. The smallest absolute Gasteiger partial charge is 0.417 e. The van der Waals surface area contributed by atoms with Gasteiger partial charge in [0.2, 0.25) is 15.5 Å². The Kier molecular flexibility index (Phi) is 5.79. The van der Waals surface area contributed by atoms with Crippen molar-refractivity contribution in [3.63, 3.8) is 0 Å². The summed E-state index contributed by atoms with van der Waals surface area (Å²) in [6, 6.07) is 2.71. The first-order valence-electron chi connectivity index (χ1n) is 9.96. The molecule has 0 unspecified atom stereocenters. The lowest BCUT2D eigenvalue weighted by atomic mass is 9.95. The van der Waals surface area contributed by atoms with E-state index in [2.05, 4.69) is 15.2 Å². The van der Waals surface area contributed by atoms with E-state index in [-0.39, 0.29) is 29.5 Å². The predicted octanol–water partition coefficient (Wildman–Crippen LogP) is 2.96. The Labute approximate surface area is 190 Å². The lowest BCUT2D eigenvalue weighted by Gasteiger charge is -2.14. The van der Waals surface area contributed by atoms with E-state index in [4.69, 9.17) is 9.26 Å². The summed E-state index contributed by atoms with van der Waals surface area (Å²) in [6.45, 7) is 1.50. The maximum atomic E-state index is 14.0. The van der Waals surface area contributed by atoms with Gasteiger partial charge >= 0.3 is 12.1 Å². The summed E-state index contributed by atoms with van der Waals surface area (Å²) in [6.07, 6.45) is -1.90. The van der Waals surface area contributed by atoms with Crippen LogP contribution in [0.4, 0.5) is 13.2 Å². The highest BCUT2D eigenvalue weighted by atomic mass is 32.2. The van der Waals surface area contributed by atoms with Crippen LogP contribution >= 0.6 is 0 Å². The number of nitrogens with zero attached hydrogens (tertiary/aromatic N) is 4. The summed E-state index contributed by atoms with van der Waals surface area (Å²) in [4.78, 5) is 29.2. The number of sulfone groups is 1. The number of hydrogen-bond donors (Lipinski definition) is 0. The minimum Gasteiger partial charge on any atom is -0.461 e. The monoisotopic (exact) mass is 498 g/mol. The van der Waals surface area contributed by atoms with Crippen LogP contribution in [0.3, 0.4) is 0 Å². The van der Waals surface area contributed by atoms with Crippen molar-refractivity contribution in [3.8, 4) is 5.69 Å². The van der Waals surface area contributed by atoms with Crippen LogP contribution in [0.25, 0.3) is 5.69 Å². The molecule has 3 aromatic rings. The average Bonchev–Trinajstić information content (AvgIpc) is 3.30. The Morgan fingerprint density at radius 2 is 1.97 bits per heavy atom. The van der Waals surface area contributed by atoms with Crippen LogP contribution < -0.4 is 0 Å². The van der Waals surface area contributed by atoms with E-state index in [1.54, 1.807) is 0 Å². The van der Waals surface area contributed by atoms with Gasteiger partial charge in [-0.2, -0.15) is 13.2 Å². The summed E-state index contributed by atoms with van der Waals surface area (Å²) in [7, 11) is -3.79. The minimum absolute atomic E-state index is 0.0338. The highest BCUT2D eigenvalue weighted by Gasteiger charge is 2.41. The summed E-state index contributed by atoms with van der Waals surface area (Å²) in [5, 5.41) is 6.71. The van der Waals surface area contributed by atoms with Crippen molar-refractivity contribution in [2.24, 2.45) is 0 Å². The van der Waals surface area contributed by atoms with E-state index >= 15 is 0 Å². The highest BCUT2D eigenvalue weighted by molar-refractivity contribution is 7.90. The molecule has 1 aliphatic rings. The Morgan fingerprint density at radius 3 is 2.53 bits per heavy atom. The van der Waals surface area contributed by atoms with Crippen molar-refractivity contribution in [3.05, 3.63) is 52.7 Å². The van der Waals surface area contributed by atoms with Gasteiger partial charge in [-0.25, -0.2) is 22.9 Å². The number of ketones is 1. The molecule has 0 aliphatic heterocycles. The number of esters is 1. The van der Waals surface area contributed by atoms with E-state index in [9.17, 15) is 31.2 Å². The molecule has 0 saturated heterocycles. The first-order valence-corrected chi connectivity index (χ1v) is 11.9. The van der Waals surface area contributed by atoms with E-state index in [1.807, 2.05) is 0 Å². The first-order chi connectivity index (χ1) is 15.9. The number of rotatable bonds is 7. The van der Waals surface area contributed by atoms with E-state index in [0.29, 0.717) is 18.9 Å². The molecular formula is C20H17F3N4O6S. The van der Waals surface area contributed by atoms with Crippen LogP contribution in [0.15, 0.2) is 34.2 Å². The topological polar surface area (TPSA) is 134 Å². The number of alkyl halides is 3. The fourth-order valence-electron chi connectivity index (χ4n) is 3.27. The molecule has 0 bridgehead atoms. The predicted molar refractivity (Wildman–Crippen MR) is 107 cm³/mol. The fraction of sp³-hybridized carbons (Fsp3) is 0.350. The lowest BCUT2D eigenvalue weighted by molar-refractivity contribution is -0.137. The number of halogens is 3. The molecule has 2 aromatic heterocycles. The van der Waals surface area contributed by atoms with Crippen molar-refractivity contribution in [2.45, 2.75) is 37.0 Å². The SMILES string of the molecule is CCOC(=O)c1noc(C2CC2)c1C(=O)c1ccc(-n2cnc(S(C)(=O)=O)n2)cc1C(F)(F)F. The largest absolute Gasteiger partial charge is 0.461 e. The molecule has 0 radical (unpaired) electrons. The second-order valence-corrected chi connectivity index (χ2v) is 9.48. The second-order valence-electron chi connectivity index (χ2n) is 7.57. The minimum atomic E-state index is -4.97. The van der Waals surface area contributed by atoms with Crippen molar-refractivity contribution >= 4 is 21.6 Å². The molecule has 0 atom stereocenters. The number of ether oxygens (including phenoxy) is 1. The van der Waals surface area contributed by atoms with E-state index < -0.39 is 49.7 Å². The third kappa shape index (κ3) is 4.44. The molecule has 0 spiro atoms. The Balaban J connectivity index is 1.83. The summed E-state index contributed by atoms with van der Waals surface area (Å²) in [5.74, 6) is -2.27. The van der Waals surface area contributed by atoms with Crippen molar-refractivity contribution in [1.82, 2.24) is 19.9 Å². The molecule has 1 aromatic carbocycles. The van der Waals surface area contributed by atoms with Crippen LogP contribution in [0, 0.1) is 0 Å². The van der Waals surface area contributed by atoms with E-state index in [0.717, 1.165) is 29.4 Å². The molecule has 4 rings (SSSR count). The molecule has 0 N–H and O–H groups in total. The average molecular weight is 498 g/mol. The third-order valence-corrected chi connectivity index (χ3v) is 5.83.